The van der Waals surface area contributed by atoms with Gasteiger partial charge in [0.25, 0.3) is 15.0 Å². The van der Waals surface area contributed by atoms with Gasteiger partial charge in [0, 0.05) is 22.6 Å². The van der Waals surface area contributed by atoms with Gasteiger partial charge in [0.1, 0.15) is 4.21 Å². The maximum atomic E-state index is 11.9. The van der Waals surface area contributed by atoms with E-state index in [0.29, 0.717) is 18.0 Å². The van der Waals surface area contributed by atoms with Gasteiger partial charge in [0.15, 0.2) is 0 Å². The number of thiophene rings is 1. The number of hydrogen-bond acceptors (Lipinski definition) is 4. The third-order valence-corrected chi connectivity index (χ3v) is 6.84. The molecule has 0 atom stereocenters. The Bertz CT molecular complexity index is 588. The monoisotopic (exact) mass is 321 g/mol. The van der Waals surface area contributed by atoms with Crippen molar-refractivity contribution in [2.24, 2.45) is 11.3 Å². The number of carbonyl (C=O) groups is 1. The third-order valence-electron chi connectivity index (χ3n) is 3.80. The summed E-state index contributed by atoms with van der Waals surface area (Å²) in [5, 5.41) is 4.39. The molecule has 1 aromatic rings. The molecule has 1 fully saturated rings. The third kappa shape index (κ3) is 3.30. The van der Waals surface area contributed by atoms with Crippen LogP contribution in [0, 0.1) is 11.3 Å². The summed E-state index contributed by atoms with van der Waals surface area (Å²) >= 11 is 0.959. The topological polar surface area (TPSA) is 63.2 Å². The lowest BCUT2D eigenvalue weighted by molar-refractivity contribution is 0.0940. The first-order chi connectivity index (χ1) is 8.74. The molecule has 1 heterocycles. The molecule has 4 nitrogen and oxygen atoms in total. The summed E-state index contributed by atoms with van der Waals surface area (Å²) in [4.78, 5) is 11.9. The van der Waals surface area contributed by atoms with Gasteiger partial charge < -0.3 is 5.32 Å². The quantitative estimate of drug-likeness (QED) is 0.848. The van der Waals surface area contributed by atoms with E-state index in [1.807, 2.05) is 0 Å². The second-order valence-electron chi connectivity index (χ2n) is 5.29. The Labute approximate surface area is 121 Å². The zero-order chi connectivity index (χ0) is 14.3. The number of halogens is 1. The van der Waals surface area contributed by atoms with Gasteiger partial charge in [0.05, 0.1) is 5.56 Å². The fraction of sp³-hybridized carbons (Fsp3) is 0.583. The lowest BCUT2D eigenvalue weighted by atomic mass is 9.92. The highest BCUT2D eigenvalue weighted by Crippen LogP contribution is 2.51. The highest BCUT2D eigenvalue weighted by atomic mass is 35.7. The van der Waals surface area contributed by atoms with Crippen molar-refractivity contribution in [3.63, 3.8) is 0 Å². The highest BCUT2D eigenvalue weighted by Gasteiger charge is 2.45. The number of rotatable bonds is 5. The van der Waals surface area contributed by atoms with Crippen LogP contribution in [0.2, 0.25) is 0 Å². The molecule has 0 aliphatic heterocycles. The minimum Gasteiger partial charge on any atom is -0.351 e. The molecule has 1 N–H and O–H groups in total. The molecular formula is C12H16ClNO3S2. The fourth-order valence-corrected chi connectivity index (χ4v) is 3.99. The van der Waals surface area contributed by atoms with Crippen LogP contribution in [0.4, 0.5) is 0 Å². The van der Waals surface area contributed by atoms with E-state index in [2.05, 4.69) is 19.2 Å². The predicted molar refractivity (Wildman–Crippen MR) is 76.2 cm³/mol. The van der Waals surface area contributed by atoms with E-state index in [9.17, 15) is 13.2 Å². The van der Waals surface area contributed by atoms with Gasteiger partial charge in [-0.05, 0) is 30.2 Å². The van der Waals surface area contributed by atoms with Crippen LogP contribution in [-0.2, 0) is 9.05 Å². The minimum absolute atomic E-state index is 0.00399. The molecule has 0 unspecified atom stereocenters. The van der Waals surface area contributed by atoms with Gasteiger partial charge in [-0.3, -0.25) is 4.79 Å². The standard InChI is InChI=1S/C12H16ClNO3S2/c1-8(2)12(3-4-12)7-14-11(15)9-5-10(18-6-9)19(13,16)17/h5-6,8H,3-4,7H2,1-2H3,(H,14,15). The van der Waals surface area contributed by atoms with E-state index in [0.717, 1.165) is 24.2 Å². The van der Waals surface area contributed by atoms with Crippen molar-refractivity contribution in [2.75, 3.05) is 6.54 Å². The predicted octanol–water partition coefficient (Wildman–Crippen LogP) is 2.84. The largest absolute Gasteiger partial charge is 0.351 e. The van der Waals surface area contributed by atoms with Crippen LogP contribution in [0.5, 0.6) is 0 Å². The first kappa shape index (κ1) is 14.8. The molecule has 1 amide bonds. The lowest BCUT2D eigenvalue weighted by Gasteiger charge is -2.19. The first-order valence-electron chi connectivity index (χ1n) is 6.06. The Morgan fingerprint density at radius 2 is 2.16 bits per heavy atom. The molecule has 19 heavy (non-hydrogen) atoms. The van der Waals surface area contributed by atoms with Crippen LogP contribution in [-0.4, -0.2) is 20.9 Å². The van der Waals surface area contributed by atoms with Gasteiger partial charge in [-0.1, -0.05) is 13.8 Å². The van der Waals surface area contributed by atoms with Crippen molar-refractivity contribution in [3.8, 4) is 0 Å². The average Bonchev–Trinajstić information content (AvgIpc) is 2.92. The summed E-state index contributed by atoms with van der Waals surface area (Å²) in [7, 11) is 1.48. The smallest absolute Gasteiger partial charge is 0.270 e. The van der Waals surface area contributed by atoms with E-state index >= 15 is 0 Å². The average molecular weight is 322 g/mol. The summed E-state index contributed by atoms with van der Waals surface area (Å²) in [5.74, 6) is 0.295. The van der Waals surface area contributed by atoms with Gasteiger partial charge in [0.2, 0.25) is 0 Å². The molecule has 0 saturated heterocycles. The summed E-state index contributed by atoms with van der Waals surface area (Å²) in [6.45, 7) is 4.95. The van der Waals surface area contributed by atoms with Crippen molar-refractivity contribution in [3.05, 3.63) is 17.0 Å². The van der Waals surface area contributed by atoms with Crippen LogP contribution in [0.1, 0.15) is 37.0 Å². The van der Waals surface area contributed by atoms with Crippen LogP contribution in [0.3, 0.4) is 0 Å². The second kappa shape index (κ2) is 5.07. The molecule has 0 spiro atoms. The van der Waals surface area contributed by atoms with Crippen molar-refractivity contribution in [1.82, 2.24) is 5.32 Å². The summed E-state index contributed by atoms with van der Waals surface area (Å²) in [5.41, 5.74) is 0.580. The van der Waals surface area contributed by atoms with E-state index < -0.39 is 9.05 Å². The Morgan fingerprint density at radius 1 is 1.53 bits per heavy atom. The molecule has 0 aromatic carbocycles. The van der Waals surface area contributed by atoms with Gasteiger partial charge >= 0.3 is 0 Å². The molecular weight excluding hydrogens is 306 g/mol. The van der Waals surface area contributed by atoms with Crippen LogP contribution < -0.4 is 5.32 Å². The van der Waals surface area contributed by atoms with Crippen LogP contribution in [0.25, 0.3) is 0 Å². The van der Waals surface area contributed by atoms with E-state index in [1.165, 1.54) is 11.4 Å². The van der Waals surface area contributed by atoms with Crippen molar-refractivity contribution in [2.45, 2.75) is 30.9 Å². The highest BCUT2D eigenvalue weighted by molar-refractivity contribution is 8.15. The molecule has 1 aliphatic carbocycles. The SMILES string of the molecule is CC(C)C1(CNC(=O)c2csc(S(=O)(=O)Cl)c2)CC1. The van der Waals surface area contributed by atoms with Crippen molar-refractivity contribution >= 4 is 37.0 Å². The fourth-order valence-electron chi connectivity index (χ4n) is 2.04. The van der Waals surface area contributed by atoms with Crippen LogP contribution in [0.15, 0.2) is 15.7 Å². The Kier molecular flexibility index (Phi) is 3.95. The summed E-state index contributed by atoms with van der Waals surface area (Å²) < 4.78 is 22.3. The number of hydrogen-bond donors (Lipinski definition) is 1. The summed E-state index contributed by atoms with van der Waals surface area (Å²) in [6, 6.07) is 1.32. The normalized spacial score (nSPS) is 17.5. The van der Waals surface area contributed by atoms with Gasteiger partial charge in [-0.15, -0.1) is 11.3 Å². The van der Waals surface area contributed by atoms with E-state index in [1.54, 1.807) is 0 Å². The Balaban J connectivity index is 1.99. The lowest BCUT2D eigenvalue weighted by Crippen LogP contribution is -2.32. The summed E-state index contributed by atoms with van der Waals surface area (Å²) in [6.07, 6.45) is 2.27. The Hall–Kier alpha value is -0.590. The Morgan fingerprint density at radius 3 is 2.58 bits per heavy atom. The molecule has 1 aromatic heterocycles. The molecule has 1 aliphatic rings. The molecule has 106 valence electrons. The maximum Gasteiger partial charge on any atom is 0.270 e. The first-order valence-corrected chi connectivity index (χ1v) is 9.25. The molecule has 2 rings (SSSR count). The number of nitrogens with one attached hydrogen (secondary N) is 1. The van der Waals surface area contributed by atoms with E-state index in [-0.39, 0.29) is 15.5 Å². The van der Waals surface area contributed by atoms with Gasteiger partial charge in [-0.25, -0.2) is 8.42 Å². The zero-order valence-corrected chi connectivity index (χ0v) is 13.2. The van der Waals surface area contributed by atoms with Crippen molar-refractivity contribution < 1.29 is 13.2 Å². The number of carbonyl (C=O) groups excluding carboxylic acids is 1. The van der Waals surface area contributed by atoms with Crippen LogP contribution >= 0.6 is 22.0 Å². The molecule has 7 heteroatoms. The van der Waals surface area contributed by atoms with Gasteiger partial charge in [-0.2, -0.15) is 0 Å². The zero-order valence-electron chi connectivity index (χ0n) is 10.8. The van der Waals surface area contributed by atoms with E-state index in [4.69, 9.17) is 10.7 Å². The molecule has 1 saturated carbocycles. The molecule has 0 radical (unpaired) electrons. The number of amides is 1. The second-order valence-corrected chi connectivity index (χ2v) is 9.00. The minimum atomic E-state index is -3.75. The maximum absolute atomic E-state index is 11.9. The van der Waals surface area contributed by atoms with Crippen molar-refractivity contribution in [1.29, 1.82) is 0 Å². The molecule has 0 bridgehead atoms.